The number of hydrogen-bond donors (Lipinski definition) is 0. The fourth-order valence-corrected chi connectivity index (χ4v) is 4.83. The first-order chi connectivity index (χ1) is 13.8. The number of aryl methyl sites for hydroxylation is 2. The van der Waals surface area contributed by atoms with Gasteiger partial charge in [-0.3, -0.25) is 9.10 Å². The number of nitrogens with zero attached hydrogens (tertiary/aromatic N) is 2. The SMILES string of the molecule is C=C1CCN(C(=O)CCN(c2ccc(C)cc2)S(=O)(=O)c2ccc(C)cc2)CC1. The summed E-state index contributed by atoms with van der Waals surface area (Å²) in [6.07, 6.45) is 1.77. The molecule has 0 atom stereocenters. The molecule has 0 spiro atoms. The van der Waals surface area contributed by atoms with Crippen LogP contribution < -0.4 is 4.31 Å². The van der Waals surface area contributed by atoms with Crippen LogP contribution >= 0.6 is 0 Å². The molecule has 2 aromatic rings. The average Bonchev–Trinajstić information content (AvgIpc) is 2.70. The first kappa shape index (κ1) is 21.1. The third-order valence-corrected chi connectivity index (χ3v) is 7.12. The van der Waals surface area contributed by atoms with E-state index in [0.29, 0.717) is 18.8 Å². The van der Waals surface area contributed by atoms with Crippen LogP contribution in [0.5, 0.6) is 0 Å². The minimum absolute atomic E-state index is 0.0197. The quantitative estimate of drug-likeness (QED) is 0.672. The summed E-state index contributed by atoms with van der Waals surface area (Å²) in [6.45, 7) is 9.27. The third-order valence-electron chi connectivity index (χ3n) is 5.28. The Labute approximate surface area is 173 Å². The first-order valence-electron chi connectivity index (χ1n) is 9.88. The van der Waals surface area contributed by atoms with Crippen LogP contribution in [0, 0.1) is 13.8 Å². The van der Waals surface area contributed by atoms with Crippen molar-refractivity contribution < 1.29 is 13.2 Å². The predicted octanol–water partition coefficient (Wildman–Crippen LogP) is 4.07. The Bertz CT molecular complexity index is 970. The number of rotatable bonds is 6. The molecule has 5 nitrogen and oxygen atoms in total. The smallest absolute Gasteiger partial charge is 0.264 e. The van der Waals surface area contributed by atoms with Crippen LogP contribution in [0.1, 0.15) is 30.4 Å². The van der Waals surface area contributed by atoms with E-state index in [1.807, 2.05) is 26.0 Å². The normalized spacial score (nSPS) is 14.7. The molecule has 1 amide bonds. The molecule has 1 aliphatic heterocycles. The Morgan fingerprint density at radius 2 is 1.48 bits per heavy atom. The van der Waals surface area contributed by atoms with Gasteiger partial charge in [-0.05, 0) is 51.0 Å². The summed E-state index contributed by atoms with van der Waals surface area (Å²) in [6, 6.07) is 14.1. The summed E-state index contributed by atoms with van der Waals surface area (Å²) in [5.41, 5.74) is 3.77. The molecule has 1 saturated heterocycles. The minimum Gasteiger partial charge on any atom is -0.342 e. The van der Waals surface area contributed by atoms with Gasteiger partial charge in [-0.2, -0.15) is 0 Å². The first-order valence-corrected chi connectivity index (χ1v) is 11.3. The van der Waals surface area contributed by atoms with Gasteiger partial charge in [0.25, 0.3) is 10.0 Å². The van der Waals surface area contributed by atoms with Crippen LogP contribution in [0.3, 0.4) is 0 Å². The van der Waals surface area contributed by atoms with Crippen molar-refractivity contribution in [2.24, 2.45) is 0 Å². The second kappa shape index (κ2) is 8.82. The van der Waals surface area contributed by atoms with Gasteiger partial charge in [-0.25, -0.2) is 8.42 Å². The van der Waals surface area contributed by atoms with Crippen molar-refractivity contribution in [2.75, 3.05) is 23.9 Å². The molecular weight excluding hydrogens is 384 g/mol. The van der Waals surface area contributed by atoms with E-state index in [9.17, 15) is 13.2 Å². The van der Waals surface area contributed by atoms with E-state index in [-0.39, 0.29) is 23.8 Å². The number of piperidine rings is 1. The second-order valence-electron chi connectivity index (χ2n) is 7.61. The third kappa shape index (κ3) is 5.07. The van der Waals surface area contributed by atoms with Crippen molar-refractivity contribution in [3.8, 4) is 0 Å². The van der Waals surface area contributed by atoms with Crippen molar-refractivity contribution in [1.29, 1.82) is 0 Å². The van der Waals surface area contributed by atoms with Gasteiger partial charge in [0.15, 0.2) is 0 Å². The molecule has 0 aromatic heterocycles. The largest absolute Gasteiger partial charge is 0.342 e. The molecule has 1 aliphatic rings. The molecule has 0 unspecified atom stereocenters. The zero-order chi connectivity index (χ0) is 21.0. The zero-order valence-corrected chi connectivity index (χ0v) is 17.9. The second-order valence-corrected chi connectivity index (χ2v) is 9.47. The molecule has 3 rings (SSSR count). The van der Waals surface area contributed by atoms with Crippen LogP contribution in [-0.4, -0.2) is 38.9 Å². The topological polar surface area (TPSA) is 57.7 Å². The fourth-order valence-electron chi connectivity index (χ4n) is 3.36. The van der Waals surface area contributed by atoms with E-state index in [2.05, 4.69) is 6.58 Å². The number of sulfonamides is 1. The fraction of sp³-hybridized carbons (Fsp3) is 0.348. The summed E-state index contributed by atoms with van der Waals surface area (Å²) in [5, 5.41) is 0. The van der Waals surface area contributed by atoms with Crippen LogP contribution in [0.25, 0.3) is 0 Å². The van der Waals surface area contributed by atoms with E-state index < -0.39 is 10.0 Å². The van der Waals surface area contributed by atoms with E-state index >= 15 is 0 Å². The molecule has 0 saturated carbocycles. The monoisotopic (exact) mass is 412 g/mol. The van der Waals surface area contributed by atoms with Gasteiger partial charge < -0.3 is 4.90 Å². The van der Waals surface area contributed by atoms with Crippen molar-refractivity contribution >= 4 is 21.6 Å². The van der Waals surface area contributed by atoms with Crippen LogP contribution in [0.15, 0.2) is 65.6 Å². The van der Waals surface area contributed by atoms with E-state index in [0.717, 1.165) is 29.5 Å². The van der Waals surface area contributed by atoms with Gasteiger partial charge in [0.2, 0.25) is 5.91 Å². The molecule has 154 valence electrons. The predicted molar refractivity (Wildman–Crippen MR) is 116 cm³/mol. The minimum atomic E-state index is -3.77. The summed E-state index contributed by atoms with van der Waals surface area (Å²) < 4.78 is 28.0. The number of amides is 1. The van der Waals surface area contributed by atoms with Crippen molar-refractivity contribution in [2.45, 2.75) is 38.0 Å². The summed E-state index contributed by atoms with van der Waals surface area (Å²) in [5.74, 6) is -0.0197. The molecule has 2 aromatic carbocycles. The van der Waals surface area contributed by atoms with E-state index in [1.54, 1.807) is 41.3 Å². The molecule has 0 aliphatic carbocycles. The Kier molecular flexibility index (Phi) is 6.42. The average molecular weight is 413 g/mol. The molecule has 1 fully saturated rings. The molecular formula is C23H28N2O3S. The highest BCUT2D eigenvalue weighted by molar-refractivity contribution is 7.92. The Morgan fingerprint density at radius 3 is 2.03 bits per heavy atom. The van der Waals surface area contributed by atoms with Gasteiger partial charge in [0.05, 0.1) is 10.6 Å². The number of anilines is 1. The van der Waals surface area contributed by atoms with Crippen LogP contribution in [-0.2, 0) is 14.8 Å². The highest BCUT2D eigenvalue weighted by atomic mass is 32.2. The molecule has 0 N–H and O–H groups in total. The lowest BCUT2D eigenvalue weighted by Crippen LogP contribution is -2.39. The highest BCUT2D eigenvalue weighted by Crippen LogP contribution is 2.25. The Hall–Kier alpha value is -2.60. The Morgan fingerprint density at radius 1 is 0.966 bits per heavy atom. The Balaban J connectivity index is 1.83. The standard InChI is InChI=1S/C23H28N2O3S/c1-18-4-8-21(9-5-18)25(29(27,28)22-10-6-19(2)7-11-22)17-14-23(26)24-15-12-20(3)13-16-24/h4-11H,3,12-17H2,1-2H3. The number of carbonyl (C=O) groups excluding carboxylic acids is 1. The number of carbonyl (C=O) groups is 1. The lowest BCUT2D eigenvalue weighted by molar-refractivity contribution is -0.131. The number of hydrogen-bond acceptors (Lipinski definition) is 3. The maximum absolute atomic E-state index is 13.4. The number of benzene rings is 2. The molecule has 0 bridgehead atoms. The molecule has 1 heterocycles. The maximum atomic E-state index is 13.4. The summed E-state index contributed by atoms with van der Waals surface area (Å²) in [7, 11) is -3.77. The number of likely N-dealkylation sites (tertiary alicyclic amines) is 1. The van der Waals surface area contributed by atoms with Crippen LogP contribution in [0.4, 0.5) is 5.69 Å². The lowest BCUT2D eigenvalue weighted by Gasteiger charge is -2.30. The van der Waals surface area contributed by atoms with E-state index in [1.165, 1.54) is 4.31 Å². The van der Waals surface area contributed by atoms with Crippen LogP contribution in [0.2, 0.25) is 0 Å². The summed E-state index contributed by atoms with van der Waals surface area (Å²) >= 11 is 0. The summed E-state index contributed by atoms with van der Waals surface area (Å²) in [4.78, 5) is 14.7. The zero-order valence-electron chi connectivity index (χ0n) is 17.1. The molecule has 0 radical (unpaired) electrons. The lowest BCUT2D eigenvalue weighted by atomic mass is 10.1. The highest BCUT2D eigenvalue weighted by Gasteiger charge is 2.27. The molecule has 6 heteroatoms. The van der Waals surface area contributed by atoms with Gasteiger partial charge in [-0.1, -0.05) is 47.5 Å². The van der Waals surface area contributed by atoms with Gasteiger partial charge in [-0.15, -0.1) is 0 Å². The van der Waals surface area contributed by atoms with Crippen molar-refractivity contribution in [1.82, 2.24) is 4.90 Å². The molecule has 29 heavy (non-hydrogen) atoms. The van der Waals surface area contributed by atoms with Gasteiger partial charge in [0, 0.05) is 26.1 Å². The van der Waals surface area contributed by atoms with Gasteiger partial charge in [0.1, 0.15) is 0 Å². The maximum Gasteiger partial charge on any atom is 0.264 e. The van der Waals surface area contributed by atoms with E-state index in [4.69, 9.17) is 0 Å². The van der Waals surface area contributed by atoms with Crippen molar-refractivity contribution in [3.63, 3.8) is 0 Å². The van der Waals surface area contributed by atoms with Crippen molar-refractivity contribution in [3.05, 3.63) is 71.8 Å². The van der Waals surface area contributed by atoms with Gasteiger partial charge >= 0.3 is 0 Å².